The van der Waals surface area contributed by atoms with E-state index in [2.05, 4.69) is 58.4 Å². The van der Waals surface area contributed by atoms with Crippen molar-refractivity contribution in [2.24, 2.45) is 5.10 Å². The number of benzene rings is 1. The van der Waals surface area contributed by atoms with Crippen LogP contribution in [0.1, 0.15) is 31.9 Å². The number of fused-ring (bicyclic) bond motifs is 1. The maximum absolute atomic E-state index is 4.68. The third-order valence-corrected chi connectivity index (χ3v) is 5.02. The second-order valence-electron chi connectivity index (χ2n) is 6.34. The summed E-state index contributed by atoms with van der Waals surface area (Å²) in [5, 5.41) is 5.85. The number of pyridine rings is 1. The summed E-state index contributed by atoms with van der Waals surface area (Å²) < 4.78 is 2.02. The van der Waals surface area contributed by atoms with Crippen LogP contribution in [0.15, 0.2) is 71.7 Å². The summed E-state index contributed by atoms with van der Waals surface area (Å²) in [6.45, 7) is 6.15. The largest absolute Gasteiger partial charge is 0.346 e. The van der Waals surface area contributed by atoms with Crippen molar-refractivity contribution in [1.82, 2.24) is 14.4 Å². The standard InChI is InChI=1S/C21H24N4S/c1-16(2)24-25(26-15-18-8-5-4-6-9-18)17(3)11-12-19-14-23-21-20(19)10-7-13-22-21/h4-11,13-14H,12,15H2,1-3H3,(H,22,23)/b17-11+. The Balaban J connectivity index is 1.72. The molecule has 4 nitrogen and oxygen atoms in total. The highest BCUT2D eigenvalue weighted by Crippen LogP contribution is 2.24. The number of hydrogen-bond acceptors (Lipinski definition) is 4. The van der Waals surface area contributed by atoms with E-state index < -0.39 is 0 Å². The Morgan fingerprint density at radius 1 is 1.15 bits per heavy atom. The van der Waals surface area contributed by atoms with Crippen molar-refractivity contribution in [2.75, 3.05) is 0 Å². The van der Waals surface area contributed by atoms with Crippen LogP contribution in [-0.2, 0) is 12.2 Å². The molecule has 0 aliphatic heterocycles. The average molecular weight is 365 g/mol. The number of H-pyrrole nitrogens is 1. The van der Waals surface area contributed by atoms with Crippen LogP contribution >= 0.6 is 11.9 Å². The SMILES string of the molecule is CC(C)=NN(SCc1ccccc1)/C(C)=C/Cc1c[nH]c2ncccc12. The molecule has 0 radical (unpaired) electrons. The molecule has 0 fully saturated rings. The first kappa shape index (κ1) is 18.3. The highest BCUT2D eigenvalue weighted by Gasteiger charge is 2.08. The van der Waals surface area contributed by atoms with Crippen LogP contribution in [-0.4, -0.2) is 20.1 Å². The van der Waals surface area contributed by atoms with Gasteiger partial charge in [-0.05, 0) is 62.4 Å². The third kappa shape index (κ3) is 4.76. The molecule has 1 aromatic carbocycles. The Labute approximate surface area is 159 Å². The second kappa shape index (κ2) is 8.72. The lowest BCUT2D eigenvalue weighted by molar-refractivity contribution is 0.614. The fraction of sp³-hybridized carbons (Fsp3) is 0.238. The van der Waals surface area contributed by atoms with E-state index in [1.54, 1.807) is 11.9 Å². The van der Waals surface area contributed by atoms with E-state index in [9.17, 15) is 0 Å². The number of aromatic amines is 1. The normalized spacial score (nSPS) is 11.6. The van der Waals surface area contributed by atoms with E-state index in [4.69, 9.17) is 0 Å². The van der Waals surface area contributed by atoms with Gasteiger partial charge < -0.3 is 4.98 Å². The number of hydrazone groups is 1. The Morgan fingerprint density at radius 3 is 2.73 bits per heavy atom. The fourth-order valence-electron chi connectivity index (χ4n) is 2.62. The quantitative estimate of drug-likeness (QED) is 0.339. The van der Waals surface area contributed by atoms with Crippen LogP contribution in [0.4, 0.5) is 0 Å². The molecular weight excluding hydrogens is 340 g/mol. The molecule has 0 atom stereocenters. The van der Waals surface area contributed by atoms with Crippen LogP contribution in [0.3, 0.4) is 0 Å². The second-order valence-corrected chi connectivity index (χ2v) is 7.24. The van der Waals surface area contributed by atoms with Crippen molar-refractivity contribution in [2.45, 2.75) is 32.9 Å². The van der Waals surface area contributed by atoms with Gasteiger partial charge in [0.25, 0.3) is 0 Å². The molecule has 1 N–H and O–H groups in total. The van der Waals surface area contributed by atoms with Crippen molar-refractivity contribution in [1.29, 1.82) is 0 Å². The van der Waals surface area contributed by atoms with Crippen LogP contribution in [0, 0.1) is 0 Å². The molecule has 5 heteroatoms. The lowest BCUT2D eigenvalue weighted by atomic mass is 10.1. The molecule has 0 spiro atoms. The zero-order valence-electron chi connectivity index (χ0n) is 15.4. The lowest BCUT2D eigenvalue weighted by Gasteiger charge is -2.19. The minimum Gasteiger partial charge on any atom is -0.346 e. The monoisotopic (exact) mass is 364 g/mol. The number of allylic oxidation sites excluding steroid dienone is 2. The van der Waals surface area contributed by atoms with Crippen molar-refractivity contribution in [3.63, 3.8) is 0 Å². The van der Waals surface area contributed by atoms with Gasteiger partial charge in [-0.25, -0.2) is 9.40 Å². The molecule has 2 aromatic heterocycles. The molecule has 26 heavy (non-hydrogen) atoms. The average Bonchev–Trinajstić information content (AvgIpc) is 3.07. The highest BCUT2D eigenvalue weighted by atomic mass is 32.2. The molecule has 0 aliphatic carbocycles. The van der Waals surface area contributed by atoms with E-state index in [1.807, 2.05) is 42.8 Å². The maximum Gasteiger partial charge on any atom is 0.137 e. The lowest BCUT2D eigenvalue weighted by Crippen LogP contribution is -2.08. The number of rotatable bonds is 7. The zero-order valence-corrected chi connectivity index (χ0v) is 16.3. The Bertz CT molecular complexity index is 908. The first-order valence-corrected chi connectivity index (χ1v) is 9.64. The fourth-order valence-corrected chi connectivity index (χ4v) is 3.58. The number of nitrogens with zero attached hydrogens (tertiary/aromatic N) is 3. The summed E-state index contributed by atoms with van der Waals surface area (Å²) in [6, 6.07) is 14.6. The summed E-state index contributed by atoms with van der Waals surface area (Å²) in [6.07, 6.45) is 6.92. The molecule has 0 bridgehead atoms. The molecule has 3 aromatic rings. The number of aromatic nitrogens is 2. The first-order valence-electron chi connectivity index (χ1n) is 8.70. The van der Waals surface area contributed by atoms with Gasteiger partial charge >= 0.3 is 0 Å². The molecule has 2 heterocycles. The predicted octanol–water partition coefficient (Wildman–Crippen LogP) is 5.56. The van der Waals surface area contributed by atoms with Gasteiger partial charge in [0, 0.05) is 34.9 Å². The first-order chi connectivity index (χ1) is 12.6. The van der Waals surface area contributed by atoms with Gasteiger partial charge in [-0.2, -0.15) is 5.10 Å². The summed E-state index contributed by atoms with van der Waals surface area (Å²) in [5.41, 5.74) is 5.64. The summed E-state index contributed by atoms with van der Waals surface area (Å²) in [5.74, 6) is 0.889. The number of nitrogens with one attached hydrogen (secondary N) is 1. The van der Waals surface area contributed by atoms with Gasteiger partial charge in [0.05, 0.1) is 0 Å². The van der Waals surface area contributed by atoms with Gasteiger partial charge in [0.1, 0.15) is 5.65 Å². The van der Waals surface area contributed by atoms with Gasteiger partial charge in [0.2, 0.25) is 0 Å². The Kier molecular flexibility index (Phi) is 6.12. The smallest absolute Gasteiger partial charge is 0.137 e. The molecular formula is C21H24N4S. The molecule has 134 valence electrons. The molecule has 0 aliphatic rings. The predicted molar refractivity (Wildman–Crippen MR) is 112 cm³/mol. The maximum atomic E-state index is 4.68. The van der Waals surface area contributed by atoms with E-state index in [-0.39, 0.29) is 0 Å². The van der Waals surface area contributed by atoms with E-state index in [0.29, 0.717) is 0 Å². The highest BCUT2D eigenvalue weighted by molar-refractivity contribution is 7.96. The van der Waals surface area contributed by atoms with E-state index >= 15 is 0 Å². The zero-order chi connectivity index (χ0) is 18.4. The Hall–Kier alpha value is -2.53. The van der Waals surface area contributed by atoms with Crippen molar-refractivity contribution in [3.05, 3.63) is 77.8 Å². The van der Waals surface area contributed by atoms with Gasteiger partial charge in [0.15, 0.2) is 0 Å². The van der Waals surface area contributed by atoms with E-state index in [1.165, 1.54) is 16.5 Å². The van der Waals surface area contributed by atoms with Crippen molar-refractivity contribution >= 4 is 28.7 Å². The minimum absolute atomic E-state index is 0.845. The summed E-state index contributed by atoms with van der Waals surface area (Å²) in [4.78, 5) is 7.59. The van der Waals surface area contributed by atoms with Gasteiger partial charge in [-0.3, -0.25) is 0 Å². The van der Waals surface area contributed by atoms with Crippen LogP contribution in [0.2, 0.25) is 0 Å². The van der Waals surface area contributed by atoms with Crippen LogP contribution in [0.5, 0.6) is 0 Å². The number of hydrogen-bond donors (Lipinski definition) is 1. The van der Waals surface area contributed by atoms with Crippen molar-refractivity contribution < 1.29 is 0 Å². The Morgan fingerprint density at radius 2 is 1.96 bits per heavy atom. The van der Waals surface area contributed by atoms with Crippen LogP contribution in [0.25, 0.3) is 11.0 Å². The molecule has 3 rings (SSSR count). The molecule has 0 saturated carbocycles. The minimum atomic E-state index is 0.845. The van der Waals surface area contributed by atoms with Crippen LogP contribution < -0.4 is 0 Å². The molecule has 0 amide bonds. The molecule has 0 saturated heterocycles. The van der Waals surface area contributed by atoms with Gasteiger partial charge in [-0.15, -0.1) is 0 Å². The summed E-state index contributed by atoms with van der Waals surface area (Å²) >= 11 is 1.71. The third-order valence-electron chi connectivity index (χ3n) is 3.94. The van der Waals surface area contributed by atoms with Gasteiger partial charge in [-0.1, -0.05) is 36.4 Å². The molecule has 0 unspecified atom stereocenters. The summed E-state index contributed by atoms with van der Waals surface area (Å²) in [7, 11) is 0. The topological polar surface area (TPSA) is 44.3 Å². The van der Waals surface area contributed by atoms with Crippen molar-refractivity contribution in [3.8, 4) is 0 Å². The van der Waals surface area contributed by atoms with E-state index in [0.717, 1.165) is 29.2 Å².